The van der Waals surface area contributed by atoms with Gasteiger partial charge in [-0.05, 0) is 74.4 Å². The number of fused-ring (bicyclic) bond motifs is 1. The van der Waals surface area contributed by atoms with Gasteiger partial charge >= 0.3 is 6.03 Å². The lowest BCUT2D eigenvalue weighted by molar-refractivity contribution is -0.121. The number of nitrogens with zero attached hydrogens (tertiary/aromatic N) is 6. The molecule has 0 spiro atoms. The first-order valence-corrected chi connectivity index (χ1v) is 18.6. The van der Waals surface area contributed by atoms with Crippen molar-refractivity contribution in [3.63, 3.8) is 0 Å². The summed E-state index contributed by atoms with van der Waals surface area (Å²) < 4.78 is 45.9. The highest BCUT2D eigenvalue weighted by Gasteiger charge is 2.59. The van der Waals surface area contributed by atoms with Crippen molar-refractivity contribution in [2.45, 2.75) is 42.3 Å². The molecule has 4 aliphatic rings. The van der Waals surface area contributed by atoms with Crippen LogP contribution in [0.2, 0.25) is 0 Å². The van der Waals surface area contributed by atoms with E-state index < -0.39 is 27.5 Å². The summed E-state index contributed by atoms with van der Waals surface area (Å²) in [5, 5.41) is 12.9. The van der Waals surface area contributed by atoms with Crippen molar-refractivity contribution in [2.75, 3.05) is 70.5 Å². The molecule has 3 saturated heterocycles. The molecule has 1 atom stereocenters. The molecule has 14 nitrogen and oxygen atoms in total. The van der Waals surface area contributed by atoms with Crippen molar-refractivity contribution in [1.82, 2.24) is 25.0 Å². The number of sulfonamides is 1. The molecule has 3 fully saturated rings. The highest BCUT2D eigenvalue weighted by Crippen LogP contribution is 2.49. The first kappa shape index (κ1) is 34.7. The van der Waals surface area contributed by atoms with E-state index in [-0.39, 0.29) is 39.8 Å². The number of piperazine rings is 1. The minimum atomic E-state index is -4.54. The molecular formula is C36H41N7O7S. The minimum Gasteiger partial charge on any atom is -0.497 e. The first-order chi connectivity index (χ1) is 24.7. The number of piperidine rings is 1. The molecule has 0 aliphatic carbocycles. The zero-order valence-electron chi connectivity index (χ0n) is 28.7. The molecule has 4 aliphatic heterocycles. The summed E-state index contributed by atoms with van der Waals surface area (Å²) >= 11 is 0. The van der Waals surface area contributed by atoms with Gasteiger partial charge in [0.05, 0.1) is 60.8 Å². The van der Waals surface area contributed by atoms with Gasteiger partial charge in [0.25, 0.3) is 15.9 Å². The lowest BCUT2D eigenvalue weighted by atomic mass is 9.83. The second-order valence-corrected chi connectivity index (χ2v) is 14.8. The number of nitriles is 1. The van der Waals surface area contributed by atoms with E-state index in [2.05, 4.69) is 26.2 Å². The van der Waals surface area contributed by atoms with Gasteiger partial charge in [0.2, 0.25) is 5.88 Å². The van der Waals surface area contributed by atoms with Crippen molar-refractivity contribution < 1.29 is 32.2 Å². The van der Waals surface area contributed by atoms with Crippen LogP contribution in [0, 0.1) is 11.3 Å². The van der Waals surface area contributed by atoms with Crippen LogP contribution in [0.3, 0.4) is 0 Å². The number of anilines is 1. The predicted octanol–water partition coefficient (Wildman–Crippen LogP) is 2.53. The Kier molecular flexibility index (Phi) is 9.60. The lowest BCUT2D eigenvalue weighted by Crippen LogP contribution is -2.61. The number of carbonyl (C=O) groups excluding carboxylic acids is 2. The molecule has 1 N–H and O–H groups in total. The summed E-state index contributed by atoms with van der Waals surface area (Å²) in [6, 6.07) is 15.6. The number of carbonyl (C=O) groups is 2. The first-order valence-electron chi connectivity index (χ1n) is 17.2. The smallest absolute Gasteiger partial charge is 0.318 e. The minimum absolute atomic E-state index is 0.00560. The highest BCUT2D eigenvalue weighted by atomic mass is 32.2. The van der Waals surface area contributed by atoms with E-state index in [9.17, 15) is 18.5 Å². The predicted molar refractivity (Wildman–Crippen MR) is 186 cm³/mol. The van der Waals surface area contributed by atoms with Crippen LogP contribution in [-0.2, 0) is 25.1 Å². The molecule has 15 heteroatoms. The zero-order chi connectivity index (χ0) is 35.8. The second kappa shape index (κ2) is 14.1. The van der Waals surface area contributed by atoms with E-state index in [4.69, 9.17) is 14.2 Å². The van der Waals surface area contributed by atoms with Crippen molar-refractivity contribution in [1.29, 1.82) is 5.26 Å². The molecule has 0 radical (unpaired) electrons. The Bertz CT molecular complexity index is 1930. The molecule has 3 aromatic rings. The van der Waals surface area contributed by atoms with Crippen molar-refractivity contribution in [2.24, 2.45) is 0 Å². The Labute approximate surface area is 297 Å². The molecule has 268 valence electrons. The molecule has 7 rings (SSSR count). The van der Waals surface area contributed by atoms with Crippen LogP contribution in [0.4, 0.5) is 10.5 Å². The third kappa shape index (κ3) is 6.16. The van der Waals surface area contributed by atoms with E-state index in [0.717, 1.165) is 39.1 Å². The monoisotopic (exact) mass is 715 g/mol. The van der Waals surface area contributed by atoms with Gasteiger partial charge in [-0.15, -0.1) is 0 Å². The standard InChI is InChI=1S/C36H41N7O7S/c1-3-50-33-30(5-4-14-38-33)36(39-35(45)42-19-17-41(18-20-42)26-12-15-40(16-13-26)27-23-49-24-27)31-21-25(22-37)6-11-32(31)43(34(36)44)51(46,47)29-9-7-28(48-2)8-10-29/h4-11,14,21,26-27H,3,12-13,15-20,23-24H2,1-2H3,(H,39,45). The van der Waals surface area contributed by atoms with Crippen molar-refractivity contribution in [3.8, 4) is 17.7 Å². The summed E-state index contributed by atoms with van der Waals surface area (Å²) in [6.07, 6.45) is 3.60. The number of hydrogen-bond acceptors (Lipinski definition) is 11. The third-order valence-electron chi connectivity index (χ3n) is 10.4. The maximum Gasteiger partial charge on any atom is 0.318 e. The quantitative estimate of drug-likeness (QED) is 0.347. The molecule has 0 bridgehead atoms. The van der Waals surface area contributed by atoms with Gasteiger partial charge in [-0.1, -0.05) is 0 Å². The summed E-state index contributed by atoms with van der Waals surface area (Å²) in [4.78, 5) is 40.2. The number of amides is 3. The summed E-state index contributed by atoms with van der Waals surface area (Å²) in [7, 11) is -3.07. The van der Waals surface area contributed by atoms with E-state index in [1.54, 1.807) is 24.0 Å². The molecule has 1 unspecified atom stereocenters. The fourth-order valence-electron chi connectivity index (χ4n) is 7.51. The Morgan fingerprint density at radius 3 is 2.33 bits per heavy atom. The molecule has 51 heavy (non-hydrogen) atoms. The van der Waals surface area contributed by atoms with Gasteiger partial charge in [0, 0.05) is 57.1 Å². The van der Waals surface area contributed by atoms with Crippen LogP contribution in [0.5, 0.6) is 11.6 Å². The van der Waals surface area contributed by atoms with Crippen LogP contribution in [0.25, 0.3) is 0 Å². The normalized spacial score (nSPS) is 21.9. The van der Waals surface area contributed by atoms with Gasteiger partial charge in [0.15, 0.2) is 5.54 Å². The average molecular weight is 716 g/mol. The number of benzene rings is 2. The van der Waals surface area contributed by atoms with Crippen molar-refractivity contribution in [3.05, 3.63) is 77.5 Å². The van der Waals surface area contributed by atoms with Gasteiger partial charge in [-0.25, -0.2) is 18.2 Å². The van der Waals surface area contributed by atoms with E-state index in [1.807, 2.05) is 0 Å². The number of rotatable bonds is 9. The van der Waals surface area contributed by atoms with Crippen LogP contribution in [-0.4, -0.2) is 118 Å². The van der Waals surface area contributed by atoms with Gasteiger partial charge < -0.3 is 24.4 Å². The lowest BCUT2D eigenvalue weighted by Gasteiger charge is -2.46. The van der Waals surface area contributed by atoms with Crippen LogP contribution >= 0.6 is 0 Å². The van der Waals surface area contributed by atoms with E-state index in [0.29, 0.717) is 48.3 Å². The largest absolute Gasteiger partial charge is 0.497 e. The number of urea groups is 1. The number of likely N-dealkylation sites (tertiary alicyclic amines) is 1. The fraction of sp³-hybridized carbons (Fsp3) is 0.444. The molecule has 2 aromatic carbocycles. The topological polar surface area (TPSA) is 158 Å². The summed E-state index contributed by atoms with van der Waals surface area (Å²) in [5.41, 5.74) is -1.65. The maximum atomic E-state index is 15.1. The number of methoxy groups -OCH3 is 1. The van der Waals surface area contributed by atoms with Gasteiger partial charge in [0.1, 0.15) is 5.75 Å². The van der Waals surface area contributed by atoms with E-state index >= 15 is 4.79 Å². The second-order valence-electron chi connectivity index (χ2n) is 13.0. The number of pyridine rings is 1. The van der Waals surface area contributed by atoms with Crippen LogP contribution in [0.15, 0.2) is 65.7 Å². The van der Waals surface area contributed by atoms with Gasteiger partial charge in [-0.3, -0.25) is 14.6 Å². The van der Waals surface area contributed by atoms with Crippen LogP contribution < -0.4 is 19.1 Å². The van der Waals surface area contributed by atoms with Crippen molar-refractivity contribution >= 4 is 27.6 Å². The van der Waals surface area contributed by atoms with Gasteiger partial charge in [-0.2, -0.15) is 9.57 Å². The highest BCUT2D eigenvalue weighted by molar-refractivity contribution is 7.93. The average Bonchev–Trinajstić information content (AvgIpc) is 3.39. The SMILES string of the molecule is CCOc1ncccc1C1(NC(=O)N2CCN(C3CCN(C4COC4)CC3)CC2)C(=O)N(S(=O)(=O)c2ccc(OC)cc2)c2ccc(C#N)cc21. The molecule has 5 heterocycles. The number of nitrogens with one attached hydrogen (secondary N) is 1. The number of hydrogen-bond donors (Lipinski definition) is 1. The Morgan fingerprint density at radius 1 is 1.00 bits per heavy atom. The Hall–Kier alpha value is -4.75. The summed E-state index contributed by atoms with van der Waals surface area (Å²) in [6.45, 7) is 7.76. The fourth-order valence-corrected chi connectivity index (χ4v) is 8.97. The number of aromatic nitrogens is 1. The third-order valence-corrected chi connectivity index (χ3v) is 12.1. The maximum absolute atomic E-state index is 15.1. The Balaban J connectivity index is 1.22. The molecule has 3 amide bonds. The molecular weight excluding hydrogens is 675 g/mol. The van der Waals surface area contributed by atoms with Crippen LogP contribution in [0.1, 0.15) is 36.5 Å². The molecule has 0 saturated carbocycles. The van der Waals surface area contributed by atoms with E-state index in [1.165, 1.54) is 55.8 Å². The zero-order valence-corrected chi connectivity index (χ0v) is 29.5. The Morgan fingerprint density at radius 2 is 1.71 bits per heavy atom. The summed E-state index contributed by atoms with van der Waals surface area (Å²) in [5.74, 6) is -0.461. The number of ether oxygens (including phenoxy) is 3. The molecule has 1 aromatic heterocycles.